The van der Waals surface area contributed by atoms with Crippen LogP contribution in [0.1, 0.15) is 66.7 Å². The van der Waals surface area contributed by atoms with E-state index in [0.717, 1.165) is 24.2 Å². The molecule has 0 aromatic carbocycles. The van der Waals surface area contributed by atoms with Crippen molar-refractivity contribution in [2.24, 2.45) is 5.92 Å². The summed E-state index contributed by atoms with van der Waals surface area (Å²) in [5.41, 5.74) is -0.774. The molecule has 0 bridgehead atoms. The van der Waals surface area contributed by atoms with Crippen molar-refractivity contribution < 1.29 is 14.4 Å². The Morgan fingerprint density at radius 3 is 2.21 bits per heavy atom. The normalized spacial score (nSPS) is 27.3. The van der Waals surface area contributed by atoms with Gasteiger partial charge >= 0.3 is 6.03 Å². The van der Waals surface area contributed by atoms with Crippen LogP contribution in [0.2, 0.25) is 0 Å². The van der Waals surface area contributed by atoms with Gasteiger partial charge in [0, 0.05) is 12.1 Å². The zero-order valence-electron chi connectivity index (χ0n) is 15.6. The van der Waals surface area contributed by atoms with Crippen molar-refractivity contribution >= 4 is 17.8 Å². The number of carbonyl (C=O) groups is 3. The van der Waals surface area contributed by atoms with E-state index in [9.17, 15) is 14.4 Å². The molecule has 6 nitrogen and oxygen atoms in total. The standard InChI is InChI=1S/C18H31N3O3/c1-6-14-7-9-18(10-8-14)16(23)20(17(24)19-18)11-15(22)21(12(2)3)13(4)5/h12-14H,6-11H2,1-5H3,(H,19,24). The first-order valence-corrected chi connectivity index (χ1v) is 9.17. The maximum Gasteiger partial charge on any atom is 0.325 e. The van der Waals surface area contributed by atoms with Crippen molar-refractivity contribution in [3.05, 3.63) is 0 Å². The summed E-state index contributed by atoms with van der Waals surface area (Å²) < 4.78 is 0. The minimum atomic E-state index is -0.774. The molecule has 0 unspecified atom stereocenters. The van der Waals surface area contributed by atoms with Gasteiger partial charge in [-0.2, -0.15) is 0 Å². The van der Waals surface area contributed by atoms with Gasteiger partial charge < -0.3 is 10.2 Å². The van der Waals surface area contributed by atoms with Crippen molar-refractivity contribution in [1.82, 2.24) is 15.1 Å². The number of hydrogen-bond donors (Lipinski definition) is 1. The van der Waals surface area contributed by atoms with E-state index < -0.39 is 11.6 Å². The second-order valence-electron chi connectivity index (χ2n) is 7.74. The number of rotatable bonds is 5. The van der Waals surface area contributed by atoms with Crippen LogP contribution in [0.25, 0.3) is 0 Å². The van der Waals surface area contributed by atoms with E-state index in [4.69, 9.17) is 0 Å². The monoisotopic (exact) mass is 337 g/mol. The van der Waals surface area contributed by atoms with Crippen LogP contribution in [0.3, 0.4) is 0 Å². The summed E-state index contributed by atoms with van der Waals surface area (Å²) in [6, 6.07) is -0.352. The van der Waals surface area contributed by atoms with Crippen LogP contribution in [0.5, 0.6) is 0 Å². The highest BCUT2D eigenvalue weighted by atomic mass is 16.2. The first-order valence-electron chi connectivity index (χ1n) is 9.17. The van der Waals surface area contributed by atoms with E-state index >= 15 is 0 Å². The molecule has 0 aromatic rings. The molecule has 1 saturated carbocycles. The molecule has 1 aliphatic heterocycles. The van der Waals surface area contributed by atoms with Gasteiger partial charge in [0.15, 0.2) is 0 Å². The molecule has 136 valence electrons. The quantitative estimate of drug-likeness (QED) is 0.784. The summed E-state index contributed by atoms with van der Waals surface area (Å²) in [4.78, 5) is 40.6. The average molecular weight is 337 g/mol. The van der Waals surface area contributed by atoms with Gasteiger partial charge in [0.25, 0.3) is 5.91 Å². The molecule has 0 atom stereocenters. The van der Waals surface area contributed by atoms with Gasteiger partial charge in [-0.25, -0.2) is 4.79 Å². The Bertz CT molecular complexity index is 500. The summed E-state index contributed by atoms with van der Waals surface area (Å²) in [7, 11) is 0. The summed E-state index contributed by atoms with van der Waals surface area (Å²) in [6.07, 6.45) is 4.37. The molecule has 1 aliphatic carbocycles. The van der Waals surface area contributed by atoms with Crippen molar-refractivity contribution in [3.63, 3.8) is 0 Å². The van der Waals surface area contributed by atoms with Gasteiger partial charge in [-0.3, -0.25) is 14.5 Å². The summed E-state index contributed by atoms with van der Waals surface area (Å²) in [5.74, 6) is 0.235. The van der Waals surface area contributed by atoms with Crippen LogP contribution in [-0.2, 0) is 9.59 Å². The van der Waals surface area contributed by atoms with Gasteiger partial charge in [0.05, 0.1) is 0 Å². The van der Waals surface area contributed by atoms with Crippen molar-refractivity contribution in [2.45, 2.75) is 84.3 Å². The molecule has 2 fully saturated rings. The van der Waals surface area contributed by atoms with Gasteiger partial charge in [-0.1, -0.05) is 13.3 Å². The van der Waals surface area contributed by atoms with Crippen LogP contribution in [0.4, 0.5) is 4.79 Å². The lowest BCUT2D eigenvalue weighted by atomic mass is 9.75. The van der Waals surface area contributed by atoms with E-state index in [2.05, 4.69) is 12.2 Å². The van der Waals surface area contributed by atoms with Crippen LogP contribution in [0.15, 0.2) is 0 Å². The highest BCUT2D eigenvalue weighted by Gasteiger charge is 2.52. The van der Waals surface area contributed by atoms with Crippen molar-refractivity contribution in [2.75, 3.05) is 6.54 Å². The number of nitrogens with zero attached hydrogens (tertiary/aromatic N) is 2. The molecule has 1 saturated heterocycles. The van der Waals surface area contributed by atoms with Crippen molar-refractivity contribution in [1.29, 1.82) is 0 Å². The molecule has 0 radical (unpaired) electrons. The molecule has 0 aromatic heterocycles. The van der Waals surface area contributed by atoms with Crippen LogP contribution in [-0.4, -0.2) is 51.8 Å². The minimum Gasteiger partial charge on any atom is -0.336 e. The number of nitrogens with one attached hydrogen (secondary N) is 1. The Labute approximate surface area is 144 Å². The van der Waals surface area contributed by atoms with Gasteiger partial charge in [-0.05, 0) is 59.3 Å². The third-order valence-corrected chi connectivity index (χ3v) is 5.48. The fourth-order valence-electron chi connectivity index (χ4n) is 4.13. The van der Waals surface area contributed by atoms with Crippen LogP contribution < -0.4 is 5.32 Å². The van der Waals surface area contributed by atoms with Crippen LogP contribution in [0, 0.1) is 5.92 Å². The molecule has 2 rings (SSSR count). The second-order valence-corrected chi connectivity index (χ2v) is 7.74. The van der Waals surface area contributed by atoms with E-state index in [1.54, 1.807) is 4.90 Å². The Morgan fingerprint density at radius 1 is 1.21 bits per heavy atom. The predicted molar refractivity (Wildman–Crippen MR) is 92.3 cm³/mol. The number of urea groups is 1. The first-order chi connectivity index (χ1) is 11.2. The summed E-state index contributed by atoms with van der Waals surface area (Å²) >= 11 is 0. The minimum absolute atomic E-state index is 0.0345. The second kappa shape index (κ2) is 7.11. The van der Waals surface area contributed by atoms with Gasteiger partial charge in [-0.15, -0.1) is 0 Å². The summed E-state index contributed by atoms with van der Waals surface area (Å²) in [6.45, 7) is 9.76. The lowest BCUT2D eigenvalue weighted by Gasteiger charge is -2.35. The number of imide groups is 1. The van der Waals surface area contributed by atoms with E-state index in [0.29, 0.717) is 18.8 Å². The van der Waals surface area contributed by atoms with Gasteiger partial charge in [0.1, 0.15) is 12.1 Å². The van der Waals surface area contributed by atoms with Crippen LogP contribution >= 0.6 is 0 Å². The average Bonchev–Trinajstić information content (AvgIpc) is 2.72. The van der Waals surface area contributed by atoms with Crippen molar-refractivity contribution in [3.8, 4) is 0 Å². The smallest absolute Gasteiger partial charge is 0.325 e. The fraction of sp³-hybridized carbons (Fsp3) is 0.833. The molecule has 24 heavy (non-hydrogen) atoms. The molecule has 1 heterocycles. The lowest BCUT2D eigenvalue weighted by molar-refractivity contribution is -0.141. The molecule has 2 aliphatic rings. The Morgan fingerprint density at radius 2 is 1.75 bits per heavy atom. The number of hydrogen-bond acceptors (Lipinski definition) is 3. The third kappa shape index (κ3) is 3.42. The predicted octanol–water partition coefficient (Wildman–Crippen LogP) is 2.52. The molecular weight excluding hydrogens is 306 g/mol. The number of amides is 4. The highest BCUT2D eigenvalue weighted by Crippen LogP contribution is 2.37. The first kappa shape index (κ1) is 18.7. The molecule has 1 N–H and O–H groups in total. The maximum atomic E-state index is 12.9. The fourth-order valence-corrected chi connectivity index (χ4v) is 4.13. The van der Waals surface area contributed by atoms with E-state index in [-0.39, 0.29) is 30.4 Å². The van der Waals surface area contributed by atoms with E-state index in [1.807, 2.05) is 27.7 Å². The Balaban J connectivity index is 2.08. The molecule has 1 spiro atoms. The molecule has 6 heteroatoms. The topological polar surface area (TPSA) is 69.7 Å². The Hall–Kier alpha value is -1.59. The van der Waals surface area contributed by atoms with E-state index in [1.165, 1.54) is 0 Å². The largest absolute Gasteiger partial charge is 0.336 e. The zero-order chi connectivity index (χ0) is 18.1. The zero-order valence-corrected chi connectivity index (χ0v) is 15.6. The van der Waals surface area contributed by atoms with Gasteiger partial charge in [0.2, 0.25) is 5.91 Å². The maximum absolute atomic E-state index is 12.9. The lowest BCUT2D eigenvalue weighted by Crippen LogP contribution is -2.51. The molecular formula is C18H31N3O3. The number of carbonyl (C=O) groups excluding carboxylic acids is 3. The SMILES string of the molecule is CCC1CCC2(CC1)NC(=O)N(CC(=O)N(C(C)C)C(C)C)C2=O. The highest BCUT2D eigenvalue weighted by molar-refractivity contribution is 6.09. The Kier molecular flexibility index (Phi) is 5.56. The molecule has 4 amide bonds. The summed E-state index contributed by atoms with van der Waals surface area (Å²) in [5, 5.41) is 2.88. The third-order valence-electron chi connectivity index (χ3n) is 5.48.